The summed E-state index contributed by atoms with van der Waals surface area (Å²) in [6.07, 6.45) is 1.31. The van der Waals surface area contributed by atoms with Crippen LogP contribution in [0, 0.1) is 11.3 Å². The molecule has 0 saturated heterocycles. The van der Waals surface area contributed by atoms with Gasteiger partial charge in [-0.25, -0.2) is 0 Å². The highest BCUT2D eigenvalue weighted by molar-refractivity contribution is 5.94. The molecule has 2 aromatic carbocycles. The van der Waals surface area contributed by atoms with Gasteiger partial charge in [-0.05, 0) is 11.6 Å². The highest BCUT2D eigenvalue weighted by atomic mass is 16.5. The molecule has 0 atom stereocenters. The molecule has 1 aromatic heterocycles. The number of nitriles is 1. The predicted octanol–water partition coefficient (Wildman–Crippen LogP) is 3.23. The molecule has 102 valence electrons. The van der Waals surface area contributed by atoms with Gasteiger partial charge in [0, 0.05) is 10.9 Å². The van der Waals surface area contributed by atoms with Gasteiger partial charge in [0.05, 0.1) is 17.3 Å². The van der Waals surface area contributed by atoms with Crippen molar-refractivity contribution in [3.8, 4) is 17.3 Å². The fourth-order valence-corrected chi connectivity index (χ4v) is 2.40. The smallest absolute Gasteiger partial charge is 0.106 e. The van der Waals surface area contributed by atoms with Crippen LogP contribution >= 0.6 is 0 Å². The van der Waals surface area contributed by atoms with Gasteiger partial charge < -0.3 is 10.4 Å². The molecule has 0 saturated carbocycles. The first-order valence-corrected chi connectivity index (χ1v) is 6.27. The Morgan fingerprint density at radius 2 is 1.81 bits per heavy atom. The summed E-state index contributed by atoms with van der Waals surface area (Å²) in [5.74, 6) is 0. The minimum Gasteiger partial charge on any atom is -0.428 e. The van der Waals surface area contributed by atoms with Crippen molar-refractivity contribution in [1.29, 1.82) is 5.26 Å². The van der Waals surface area contributed by atoms with Crippen LogP contribution in [-0.2, 0) is 0 Å². The van der Waals surface area contributed by atoms with Gasteiger partial charge in [-0.3, -0.25) is 0 Å². The Bertz CT molecular complexity index is 871. The van der Waals surface area contributed by atoms with E-state index in [0.717, 1.165) is 10.3 Å². The summed E-state index contributed by atoms with van der Waals surface area (Å²) in [5.41, 5.74) is 2.90. The monoisotopic (exact) mass is 277 g/mol. The Hall–Kier alpha value is -3.26. The van der Waals surface area contributed by atoms with Crippen molar-refractivity contribution >= 4 is 17.1 Å². The van der Waals surface area contributed by atoms with E-state index in [0.29, 0.717) is 27.7 Å². The molecule has 21 heavy (non-hydrogen) atoms. The van der Waals surface area contributed by atoms with Crippen LogP contribution in [0.1, 0.15) is 11.1 Å². The number of hydrogen-bond donors (Lipinski definition) is 2. The second-order valence-electron chi connectivity index (χ2n) is 4.53. The third-order valence-corrected chi connectivity index (χ3v) is 3.35. The zero-order chi connectivity index (χ0) is 14.8. The Labute approximate surface area is 120 Å². The van der Waals surface area contributed by atoms with E-state index in [-0.39, 0.29) is 0 Å². The molecule has 0 aliphatic rings. The second kappa shape index (κ2) is 5.02. The van der Waals surface area contributed by atoms with Crippen molar-refractivity contribution < 1.29 is 10.4 Å². The first-order valence-electron chi connectivity index (χ1n) is 6.27. The summed E-state index contributed by atoms with van der Waals surface area (Å²) in [6.45, 7) is 0. The number of fused-ring (bicyclic) bond motifs is 1. The third kappa shape index (κ3) is 1.99. The van der Waals surface area contributed by atoms with Crippen molar-refractivity contribution in [3.05, 3.63) is 59.7 Å². The zero-order valence-corrected chi connectivity index (χ0v) is 10.9. The molecule has 3 aromatic rings. The number of para-hydroxylation sites is 1. The van der Waals surface area contributed by atoms with Gasteiger partial charge in [0.1, 0.15) is 11.8 Å². The Kier molecular flexibility index (Phi) is 3.05. The minimum absolute atomic E-state index is 0.427. The third-order valence-electron chi connectivity index (χ3n) is 3.35. The van der Waals surface area contributed by atoms with Gasteiger partial charge >= 0.3 is 0 Å². The molecular formula is C16H11N3O2. The van der Waals surface area contributed by atoms with E-state index in [1.165, 1.54) is 6.21 Å². The summed E-state index contributed by atoms with van der Waals surface area (Å²) in [4.78, 5) is 0. The highest BCUT2D eigenvalue weighted by Gasteiger charge is 2.17. The number of hydrogen-bond acceptors (Lipinski definition) is 4. The van der Waals surface area contributed by atoms with E-state index in [1.54, 1.807) is 42.5 Å². The average Bonchev–Trinajstić information content (AvgIpc) is 2.81. The fourth-order valence-electron chi connectivity index (χ4n) is 2.40. The van der Waals surface area contributed by atoms with Crippen LogP contribution in [0.2, 0.25) is 0 Å². The van der Waals surface area contributed by atoms with Crippen molar-refractivity contribution in [2.24, 2.45) is 5.16 Å². The van der Waals surface area contributed by atoms with Crippen molar-refractivity contribution in [3.63, 3.8) is 0 Å². The van der Waals surface area contributed by atoms with Crippen LogP contribution in [0.3, 0.4) is 0 Å². The number of nitrogens with zero attached hydrogens (tertiary/aromatic N) is 3. The number of rotatable bonds is 2. The lowest BCUT2D eigenvalue weighted by molar-refractivity contribution is 0.204. The Morgan fingerprint density at radius 1 is 1.10 bits per heavy atom. The fraction of sp³-hybridized carbons (Fsp3) is 0. The molecule has 5 nitrogen and oxygen atoms in total. The van der Waals surface area contributed by atoms with E-state index in [4.69, 9.17) is 5.21 Å². The second-order valence-corrected chi connectivity index (χ2v) is 4.53. The maximum Gasteiger partial charge on any atom is 0.106 e. The van der Waals surface area contributed by atoms with Crippen molar-refractivity contribution in [1.82, 2.24) is 4.73 Å². The standard InChI is InChI=1S/C16H11N3O2/c17-9-14-13-3-1-2-4-15(13)19(21)16(14)12-7-5-11(6-8-12)10-18-20/h1-8,10,20-21H. The SMILES string of the molecule is N#Cc1c(-c2ccc(C=NO)cc2)n(O)c2ccccc12. The quantitative estimate of drug-likeness (QED) is 0.326. The molecule has 0 fully saturated rings. The van der Waals surface area contributed by atoms with E-state index < -0.39 is 0 Å². The van der Waals surface area contributed by atoms with Crippen LogP contribution < -0.4 is 0 Å². The molecule has 0 radical (unpaired) electrons. The van der Waals surface area contributed by atoms with Crippen LogP contribution in [0.5, 0.6) is 0 Å². The molecule has 3 rings (SSSR count). The molecule has 2 N–H and O–H groups in total. The predicted molar refractivity (Wildman–Crippen MR) is 78.7 cm³/mol. The summed E-state index contributed by atoms with van der Waals surface area (Å²) in [7, 11) is 0. The molecule has 0 unspecified atom stereocenters. The van der Waals surface area contributed by atoms with Crippen LogP contribution in [0.25, 0.3) is 22.2 Å². The summed E-state index contributed by atoms with van der Waals surface area (Å²) in [5, 5.41) is 31.9. The Morgan fingerprint density at radius 3 is 2.48 bits per heavy atom. The van der Waals surface area contributed by atoms with Crippen molar-refractivity contribution in [2.75, 3.05) is 0 Å². The van der Waals surface area contributed by atoms with E-state index in [9.17, 15) is 10.5 Å². The maximum atomic E-state index is 10.3. The number of oxime groups is 1. The molecule has 0 spiro atoms. The van der Waals surface area contributed by atoms with Gasteiger partial charge in [0.15, 0.2) is 0 Å². The molecular weight excluding hydrogens is 266 g/mol. The van der Waals surface area contributed by atoms with Gasteiger partial charge in [0.25, 0.3) is 0 Å². The van der Waals surface area contributed by atoms with E-state index >= 15 is 0 Å². The normalized spacial score (nSPS) is 11.0. The van der Waals surface area contributed by atoms with Gasteiger partial charge in [0.2, 0.25) is 0 Å². The summed E-state index contributed by atoms with van der Waals surface area (Å²) in [6, 6.07) is 16.4. The number of benzene rings is 2. The first-order chi connectivity index (χ1) is 10.3. The van der Waals surface area contributed by atoms with Gasteiger partial charge in [-0.1, -0.05) is 47.6 Å². The Balaban J connectivity index is 2.25. The van der Waals surface area contributed by atoms with E-state index in [2.05, 4.69) is 11.2 Å². The molecule has 5 heteroatoms. The summed E-state index contributed by atoms with van der Waals surface area (Å²) < 4.78 is 1.03. The van der Waals surface area contributed by atoms with Gasteiger partial charge in [-0.15, -0.1) is 0 Å². The minimum atomic E-state index is 0.427. The molecule has 0 aliphatic carbocycles. The maximum absolute atomic E-state index is 10.3. The van der Waals surface area contributed by atoms with E-state index in [1.807, 2.05) is 6.07 Å². The lowest BCUT2D eigenvalue weighted by atomic mass is 10.0. The lowest BCUT2D eigenvalue weighted by Gasteiger charge is -2.04. The summed E-state index contributed by atoms with van der Waals surface area (Å²) >= 11 is 0. The lowest BCUT2D eigenvalue weighted by Crippen LogP contribution is -1.94. The average molecular weight is 277 g/mol. The molecule has 1 heterocycles. The topological polar surface area (TPSA) is 81.5 Å². The molecule has 0 amide bonds. The number of aromatic nitrogens is 1. The largest absolute Gasteiger partial charge is 0.428 e. The highest BCUT2D eigenvalue weighted by Crippen LogP contribution is 2.32. The van der Waals surface area contributed by atoms with Crippen LogP contribution in [0.4, 0.5) is 0 Å². The van der Waals surface area contributed by atoms with Crippen LogP contribution in [-0.4, -0.2) is 21.4 Å². The first kappa shape index (κ1) is 12.8. The zero-order valence-electron chi connectivity index (χ0n) is 10.9. The van der Waals surface area contributed by atoms with Gasteiger partial charge in [-0.2, -0.15) is 9.99 Å². The van der Waals surface area contributed by atoms with Crippen LogP contribution in [0.15, 0.2) is 53.7 Å². The van der Waals surface area contributed by atoms with Crippen molar-refractivity contribution in [2.45, 2.75) is 0 Å². The molecule has 0 aliphatic heterocycles. The molecule has 0 bridgehead atoms.